The largest absolute Gasteiger partial charge is 0.454 e. The Morgan fingerprint density at radius 2 is 1.64 bits per heavy atom. The number of nitrogens with one attached hydrogen (secondary N) is 2. The van der Waals surface area contributed by atoms with Crippen molar-refractivity contribution in [2.75, 3.05) is 46.1 Å². The second-order valence-electron chi connectivity index (χ2n) is 7.72. The van der Waals surface area contributed by atoms with E-state index in [0.717, 1.165) is 56.3 Å². The van der Waals surface area contributed by atoms with Crippen LogP contribution in [0.15, 0.2) is 48.5 Å². The van der Waals surface area contributed by atoms with E-state index in [1.165, 1.54) is 10.5 Å². The Labute approximate surface area is 166 Å². The number of aliphatic hydroxyl groups is 1. The molecule has 150 valence electrons. The summed E-state index contributed by atoms with van der Waals surface area (Å²) in [6.07, 6.45) is -0.431. The maximum atomic E-state index is 10.3. The Hall–Kier alpha value is -2.12. The van der Waals surface area contributed by atoms with Crippen LogP contribution in [0.25, 0.3) is 0 Å². The zero-order valence-corrected chi connectivity index (χ0v) is 16.2. The van der Waals surface area contributed by atoms with Crippen molar-refractivity contribution in [3.63, 3.8) is 0 Å². The molecule has 2 aliphatic heterocycles. The van der Waals surface area contributed by atoms with Crippen LogP contribution >= 0.6 is 0 Å². The molecule has 1 atom stereocenters. The molecule has 0 amide bonds. The van der Waals surface area contributed by atoms with Crippen LogP contribution in [0.3, 0.4) is 0 Å². The Morgan fingerprint density at radius 1 is 0.893 bits per heavy atom. The second kappa shape index (κ2) is 9.39. The highest BCUT2D eigenvalue weighted by atomic mass is 16.7. The van der Waals surface area contributed by atoms with Crippen LogP contribution in [0.4, 0.5) is 0 Å². The summed E-state index contributed by atoms with van der Waals surface area (Å²) < 4.78 is 16.4. The smallest absolute Gasteiger partial charge is 0.231 e. The van der Waals surface area contributed by atoms with Gasteiger partial charge in [-0.05, 0) is 17.7 Å². The van der Waals surface area contributed by atoms with E-state index < -0.39 is 6.10 Å². The monoisotopic (exact) mass is 386 g/mol. The molecule has 2 aromatic rings. The lowest BCUT2D eigenvalue weighted by Gasteiger charge is -2.30. The van der Waals surface area contributed by atoms with Gasteiger partial charge in [0.2, 0.25) is 6.79 Å². The number of hydrogen-bond acceptors (Lipinski definition) is 4. The highest BCUT2D eigenvalue weighted by Gasteiger charge is 2.25. The predicted molar refractivity (Wildman–Crippen MR) is 105 cm³/mol. The van der Waals surface area contributed by atoms with E-state index in [1.807, 2.05) is 18.2 Å². The molecule has 0 spiro atoms. The molecule has 1 saturated heterocycles. The second-order valence-corrected chi connectivity index (χ2v) is 7.72. The minimum atomic E-state index is -0.431. The topological polar surface area (TPSA) is 56.8 Å². The number of hydrogen-bond donors (Lipinski definition) is 3. The van der Waals surface area contributed by atoms with Gasteiger partial charge in [0, 0.05) is 5.56 Å². The first-order chi connectivity index (χ1) is 13.8. The van der Waals surface area contributed by atoms with Crippen molar-refractivity contribution in [1.82, 2.24) is 0 Å². The van der Waals surface area contributed by atoms with Crippen molar-refractivity contribution < 1.29 is 29.1 Å². The van der Waals surface area contributed by atoms with E-state index in [4.69, 9.17) is 14.2 Å². The highest BCUT2D eigenvalue weighted by Crippen LogP contribution is 2.32. The lowest BCUT2D eigenvalue weighted by atomic mass is 10.2. The van der Waals surface area contributed by atoms with E-state index in [2.05, 4.69) is 30.3 Å². The van der Waals surface area contributed by atoms with Crippen LogP contribution in [0, 0.1) is 0 Å². The molecule has 1 fully saturated rings. The first kappa shape index (κ1) is 19.2. The van der Waals surface area contributed by atoms with Gasteiger partial charge >= 0.3 is 0 Å². The molecule has 0 radical (unpaired) electrons. The lowest BCUT2D eigenvalue weighted by Crippen LogP contribution is -3.28. The van der Waals surface area contributed by atoms with Gasteiger partial charge in [0.15, 0.2) is 11.5 Å². The minimum absolute atomic E-state index is 0.279. The fourth-order valence-corrected chi connectivity index (χ4v) is 3.96. The molecule has 0 aliphatic carbocycles. The molecule has 0 aromatic heterocycles. The van der Waals surface area contributed by atoms with Crippen molar-refractivity contribution in [2.24, 2.45) is 0 Å². The van der Waals surface area contributed by atoms with Gasteiger partial charge in [0.05, 0.1) is 13.2 Å². The number of piperazine rings is 1. The van der Waals surface area contributed by atoms with Crippen molar-refractivity contribution in [3.8, 4) is 11.5 Å². The van der Waals surface area contributed by atoms with Crippen molar-refractivity contribution in [1.29, 1.82) is 0 Å². The van der Waals surface area contributed by atoms with E-state index >= 15 is 0 Å². The lowest BCUT2D eigenvalue weighted by molar-refractivity contribution is -1.02. The summed E-state index contributed by atoms with van der Waals surface area (Å²) in [5, 5.41) is 10.3. The molecular formula is C22H30N2O4+2. The van der Waals surface area contributed by atoms with E-state index in [1.54, 1.807) is 4.90 Å². The number of fused-ring (bicyclic) bond motifs is 1. The zero-order valence-electron chi connectivity index (χ0n) is 16.2. The standard InChI is InChI=1S/C22H28N2O4/c25-20(16-26-15-19-6-7-21-22(12-19)28-17-27-21)14-24-10-8-23(9-11-24)13-18-4-2-1-3-5-18/h1-7,12,20,25H,8-11,13-17H2/p+2/t20-/m1/s1. The molecule has 0 saturated carbocycles. The molecule has 6 heteroatoms. The first-order valence-electron chi connectivity index (χ1n) is 10.1. The third kappa shape index (κ3) is 5.23. The molecule has 0 unspecified atom stereocenters. The van der Waals surface area contributed by atoms with E-state index in [-0.39, 0.29) is 6.79 Å². The van der Waals surface area contributed by atoms with Gasteiger partial charge in [-0.1, -0.05) is 36.4 Å². The molecular weight excluding hydrogens is 356 g/mol. The fraction of sp³-hybridized carbons (Fsp3) is 0.455. The highest BCUT2D eigenvalue weighted by molar-refractivity contribution is 5.44. The number of benzene rings is 2. The molecule has 2 aromatic carbocycles. The van der Waals surface area contributed by atoms with Crippen LogP contribution < -0.4 is 19.3 Å². The summed E-state index contributed by atoms with van der Waals surface area (Å²) in [6, 6.07) is 16.5. The summed E-state index contributed by atoms with van der Waals surface area (Å²) in [6.45, 7) is 7.44. The number of ether oxygens (including phenoxy) is 3. The molecule has 0 bridgehead atoms. The van der Waals surface area contributed by atoms with Gasteiger partial charge in [-0.15, -0.1) is 0 Å². The summed E-state index contributed by atoms with van der Waals surface area (Å²) >= 11 is 0. The summed E-state index contributed by atoms with van der Waals surface area (Å²) in [4.78, 5) is 3.10. The molecule has 28 heavy (non-hydrogen) atoms. The van der Waals surface area contributed by atoms with Crippen LogP contribution in [0.5, 0.6) is 11.5 Å². The molecule has 6 nitrogen and oxygen atoms in total. The Balaban J connectivity index is 1.13. The predicted octanol–water partition coefficient (Wildman–Crippen LogP) is -0.724. The quantitative estimate of drug-likeness (QED) is 0.560. The SMILES string of the molecule is O[C@@H](COCc1ccc2c(c1)OCO2)C[NH+]1CC[NH+](Cc2ccccc2)CC1. The normalized spacial score (nSPS) is 22.2. The first-order valence-corrected chi connectivity index (χ1v) is 10.1. The number of quaternary nitrogens is 2. The minimum Gasteiger partial charge on any atom is -0.454 e. The van der Waals surface area contributed by atoms with Crippen molar-refractivity contribution in [3.05, 3.63) is 59.7 Å². The Bertz CT molecular complexity index is 747. The third-order valence-electron chi connectivity index (χ3n) is 5.50. The molecule has 3 N–H and O–H groups in total. The number of aliphatic hydroxyl groups excluding tert-OH is 1. The van der Waals surface area contributed by atoms with E-state index in [9.17, 15) is 5.11 Å². The van der Waals surface area contributed by atoms with Gasteiger partial charge in [0.25, 0.3) is 0 Å². The summed E-state index contributed by atoms with van der Waals surface area (Å²) in [5.74, 6) is 1.54. The number of rotatable bonds is 8. The average molecular weight is 386 g/mol. The van der Waals surface area contributed by atoms with Gasteiger partial charge in [-0.2, -0.15) is 0 Å². The van der Waals surface area contributed by atoms with Crippen molar-refractivity contribution in [2.45, 2.75) is 19.3 Å². The van der Waals surface area contributed by atoms with Crippen LogP contribution in [0.2, 0.25) is 0 Å². The Kier molecular flexibility index (Phi) is 6.44. The molecule has 4 rings (SSSR count). The van der Waals surface area contributed by atoms with Gasteiger partial charge in [-0.25, -0.2) is 0 Å². The maximum absolute atomic E-state index is 10.3. The van der Waals surface area contributed by atoms with Gasteiger partial charge < -0.3 is 29.1 Å². The Morgan fingerprint density at radius 3 is 2.46 bits per heavy atom. The average Bonchev–Trinajstić information content (AvgIpc) is 3.18. The van der Waals surface area contributed by atoms with Crippen LogP contribution in [-0.4, -0.2) is 57.3 Å². The molecule has 2 heterocycles. The van der Waals surface area contributed by atoms with Crippen LogP contribution in [-0.2, 0) is 17.9 Å². The van der Waals surface area contributed by atoms with Gasteiger partial charge in [-0.3, -0.25) is 0 Å². The summed E-state index contributed by atoms with van der Waals surface area (Å²) in [5.41, 5.74) is 2.43. The van der Waals surface area contributed by atoms with Gasteiger partial charge in [0.1, 0.15) is 45.4 Å². The van der Waals surface area contributed by atoms with Crippen molar-refractivity contribution >= 4 is 0 Å². The fourth-order valence-electron chi connectivity index (χ4n) is 3.96. The third-order valence-corrected chi connectivity index (χ3v) is 5.50. The zero-order chi connectivity index (χ0) is 19.2. The maximum Gasteiger partial charge on any atom is 0.231 e. The molecule has 2 aliphatic rings. The van der Waals surface area contributed by atoms with Crippen LogP contribution in [0.1, 0.15) is 11.1 Å². The summed E-state index contributed by atoms with van der Waals surface area (Å²) in [7, 11) is 0. The van der Waals surface area contributed by atoms with E-state index in [0.29, 0.717) is 13.2 Å².